The van der Waals surface area contributed by atoms with Gasteiger partial charge in [0.2, 0.25) is 0 Å². The number of hydrogen-bond acceptors (Lipinski definition) is 1. The maximum atomic E-state index is 4.50. The molecule has 0 atom stereocenters. The van der Waals surface area contributed by atoms with Crippen molar-refractivity contribution in [1.82, 2.24) is 0 Å². The molecule has 0 aromatic rings. The lowest BCUT2D eigenvalue weighted by Crippen LogP contribution is -1.93. The van der Waals surface area contributed by atoms with Gasteiger partial charge in [0.25, 0.3) is 0 Å². The lowest BCUT2D eigenvalue weighted by molar-refractivity contribution is 0.469. The van der Waals surface area contributed by atoms with E-state index in [1.807, 2.05) is 0 Å². The van der Waals surface area contributed by atoms with E-state index < -0.39 is 0 Å². The van der Waals surface area contributed by atoms with Crippen LogP contribution in [0, 0.1) is 5.41 Å². The number of rotatable bonds is 0. The minimum Gasteiger partial charge on any atom is -0.333 e. The summed E-state index contributed by atoms with van der Waals surface area (Å²) < 4.78 is 0. The van der Waals surface area contributed by atoms with E-state index in [0.717, 1.165) is 0 Å². The Hall–Kier alpha value is 0.0249. The zero-order valence-electron chi connectivity index (χ0n) is 6.65. The molecule has 0 aliphatic carbocycles. The molecule has 0 aromatic carbocycles. The Labute approximate surface area is 55.2 Å². The second kappa shape index (κ2) is 7.02. The SMILES string of the molecule is CC(C)(C)C.CN.[B]. The Kier molecular flexibility index (Phi) is 13.8. The largest absolute Gasteiger partial charge is 0.333 e. The molecule has 0 aromatic heterocycles. The van der Waals surface area contributed by atoms with Crippen LogP contribution in [0.1, 0.15) is 27.7 Å². The van der Waals surface area contributed by atoms with E-state index in [1.54, 1.807) is 0 Å². The highest BCUT2D eigenvalue weighted by atomic mass is 14.4. The quantitative estimate of drug-likeness (QED) is 0.471. The van der Waals surface area contributed by atoms with Crippen molar-refractivity contribution < 1.29 is 0 Å². The van der Waals surface area contributed by atoms with Gasteiger partial charge in [0, 0.05) is 8.41 Å². The van der Waals surface area contributed by atoms with Crippen molar-refractivity contribution in [3.05, 3.63) is 0 Å². The topological polar surface area (TPSA) is 26.0 Å². The molecule has 0 aliphatic rings. The van der Waals surface area contributed by atoms with Crippen LogP contribution in [0.2, 0.25) is 0 Å². The molecule has 0 heterocycles. The maximum Gasteiger partial charge on any atom is 0 e. The van der Waals surface area contributed by atoms with E-state index in [9.17, 15) is 0 Å². The molecule has 0 spiro atoms. The Morgan fingerprint density at radius 1 is 0.875 bits per heavy atom. The smallest absolute Gasteiger partial charge is 0 e. The van der Waals surface area contributed by atoms with Crippen LogP contribution in [-0.2, 0) is 0 Å². The third-order valence-electron chi connectivity index (χ3n) is 0. The zero-order valence-corrected chi connectivity index (χ0v) is 6.65. The molecule has 0 saturated carbocycles. The van der Waals surface area contributed by atoms with Gasteiger partial charge in [-0.1, -0.05) is 27.7 Å². The fourth-order valence-electron chi connectivity index (χ4n) is 0. The van der Waals surface area contributed by atoms with Crippen molar-refractivity contribution in [2.45, 2.75) is 27.7 Å². The molecule has 49 valence electrons. The second-order valence-electron chi connectivity index (χ2n) is 3.00. The summed E-state index contributed by atoms with van der Waals surface area (Å²) >= 11 is 0. The molecule has 0 aliphatic heterocycles. The summed E-state index contributed by atoms with van der Waals surface area (Å²) in [4.78, 5) is 0. The third-order valence-corrected chi connectivity index (χ3v) is 0. The highest BCUT2D eigenvalue weighted by Gasteiger charge is 1.95. The average Bonchev–Trinajstić information content (AvgIpc) is 1.36. The molecule has 3 radical (unpaired) electrons. The van der Waals surface area contributed by atoms with Crippen molar-refractivity contribution in [3.63, 3.8) is 0 Å². The van der Waals surface area contributed by atoms with Gasteiger partial charge in [0.1, 0.15) is 0 Å². The summed E-state index contributed by atoms with van der Waals surface area (Å²) in [6.45, 7) is 8.75. The first-order valence-electron chi connectivity index (χ1n) is 2.58. The van der Waals surface area contributed by atoms with Crippen LogP contribution in [0.3, 0.4) is 0 Å². The van der Waals surface area contributed by atoms with Gasteiger partial charge in [0.15, 0.2) is 0 Å². The summed E-state index contributed by atoms with van der Waals surface area (Å²) in [6.07, 6.45) is 0. The molecule has 0 unspecified atom stereocenters. The Balaban J connectivity index is -0.0000000750. The van der Waals surface area contributed by atoms with Gasteiger partial charge in [-0.3, -0.25) is 0 Å². The molecule has 0 saturated heterocycles. The van der Waals surface area contributed by atoms with Gasteiger partial charge >= 0.3 is 0 Å². The molecule has 8 heavy (non-hydrogen) atoms. The molecule has 2 N–H and O–H groups in total. The fraction of sp³-hybridized carbons (Fsp3) is 1.00. The van der Waals surface area contributed by atoms with Crippen molar-refractivity contribution >= 4 is 8.41 Å². The lowest BCUT2D eigenvalue weighted by atomic mass is 10.0. The van der Waals surface area contributed by atoms with E-state index in [-0.39, 0.29) is 8.41 Å². The predicted octanol–water partition coefficient (Wildman–Crippen LogP) is 1.25. The van der Waals surface area contributed by atoms with Crippen molar-refractivity contribution in [1.29, 1.82) is 0 Å². The molecule has 1 nitrogen and oxygen atoms in total. The van der Waals surface area contributed by atoms with Crippen LogP contribution in [0.25, 0.3) is 0 Å². The first-order valence-corrected chi connectivity index (χ1v) is 2.58. The van der Waals surface area contributed by atoms with Gasteiger partial charge in [-0.2, -0.15) is 0 Å². The summed E-state index contributed by atoms with van der Waals surface area (Å²) in [6, 6.07) is 0. The van der Waals surface area contributed by atoms with Gasteiger partial charge in [-0.25, -0.2) is 0 Å². The molecule has 0 amide bonds. The molecule has 0 rings (SSSR count). The first-order chi connectivity index (χ1) is 3.00. The van der Waals surface area contributed by atoms with Gasteiger partial charge in [-0.05, 0) is 12.5 Å². The van der Waals surface area contributed by atoms with Crippen LogP contribution in [0.4, 0.5) is 0 Å². The maximum absolute atomic E-state index is 4.50. The van der Waals surface area contributed by atoms with Gasteiger partial charge < -0.3 is 5.73 Å². The fourth-order valence-corrected chi connectivity index (χ4v) is 0. The number of hydrogen-bond donors (Lipinski definition) is 1. The standard InChI is InChI=1S/C5H12.CH5N.B/c1-5(2,3)4;1-2;/h1-4H3;2H2,1H3;. The average molecular weight is 114 g/mol. The Bertz CT molecular complexity index is 24.0. The molecule has 2 heteroatoms. The Morgan fingerprint density at radius 2 is 0.875 bits per heavy atom. The van der Waals surface area contributed by atoms with Gasteiger partial charge in [-0.15, -0.1) is 0 Å². The highest BCUT2D eigenvalue weighted by molar-refractivity contribution is 5.75. The summed E-state index contributed by atoms with van der Waals surface area (Å²) in [5.41, 5.74) is 5.00. The van der Waals surface area contributed by atoms with Crippen LogP contribution >= 0.6 is 0 Å². The zero-order chi connectivity index (χ0) is 6.50. The number of nitrogens with two attached hydrogens (primary N) is 1. The van der Waals surface area contributed by atoms with E-state index in [1.165, 1.54) is 7.05 Å². The highest BCUT2D eigenvalue weighted by Crippen LogP contribution is 2.07. The van der Waals surface area contributed by atoms with E-state index in [4.69, 9.17) is 0 Å². The second-order valence-corrected chi connectivity index (χ2v) is 3.00. The van der Waals surface area contributed by atoms with E-state index >= 15 is 0 Å². The first kappa shape index (κ1) is 15.7. The third kappa shape index (κ3) is 245000. The van der Waals surface area contributed by atoms with Crippen LogP contribution in [-0.4, -0.2) is 15.5 Å². The minimum absolute atomic E-state index is 0. The van der Waals surface area contributed by atoms with Gasteiger partial charge in [0.05, 0.1) is 0 Å². The van der Waals surface area contributed by atoms with Crippen LogP contribution in [0.5, 0.6) is 0 Å². The molecule has 0 bridgehead atoms. The summed E-state index contributed by atoms with van der Waals surface area (Å²) in [7, 11) is 1.50. The van der Waals surface area contributed by atoms with Crippen molar-refractivity contribution in [2.24, 2.45) is 11.1 Å². The minimum atomic E-state index is 0. The molecule has 0 fully saturated rings. The Morgan fingerprint density at radius 3 is 0.875 bits per heavy atom. The summed E-state index contributed by atoms with van der Waals surface area (Å²) in [5.74, 6) is 0. The molecular formula is C6H17BN. The van der Waals surface area contributed by atoms with Crippen molar-refractivity contribution in [2.75, 3.05) is 7.05 Å². The van der Waals surface area contributed by atoms with Crippen LogP contribution < -0.4 is 5.73 Å². The molecular weight excluding hydrogens is 96.9 g/mol. The lowest BCUT2D eigenvalue weighted by Gasteiger charge is -2.05. The van der Waals surface area contributed by atoms with E-state index in [0.29, 0.717) is 5.41 Å². The normalized spacial score (nSPS) is 8.25. The monoisotopic (exact) mass is 114 g/mol. The van der Waals surface area contributed by atoms with Crippen molar-refractivity contribution in [3.8, 4) is 0 Å². The predicted molar refractivity (Wildman–Crippen MR) is 41.0 cm³/mol. The van der Waals surface area contributed by atoms with E-state index in [2.05, 4.69) is 33.4 Å². The van der Waals surface area contributed by atoms with Crippen LogP contribution in [0.15, 0.2) is 0 Å². The summed E-state index contributed by atoms with van der Waals surface area (Å²) in [5, 5.41) is 0.